The monoisotopic (exact) mass is 377 g/mol. The average Bonchev–Trinajstić information content (AvgIpc) is 2.63. The van der Waals surface area contributed by atoms with E-state index in [0.717, 1.165) is 18.2 Å². The van der Waals surface area contributed by atoms with Gasteiger partial charge in [0.25, 0.3) is 5.56 Å². The van der Waals surface area contributed by atoms with Crippen LogP contribution in [0.2, 0.25) is 5.02 Å². The third kappa shape index (κ3) is 4.49. The minimum absolute atomic E-state index is 0.164. The lowest BCUT2D eigenvalue weighted by Gasteiger charge is -2.22. The highest BCUT2D eigenvalue weighted by molar-refractivity contribution is 6.32. The van der Waals surface area contributed by atoms with Crippen molar-refractivity contribution >= 4 is 28.5 Å². The van der Waals surface area contributed by atoms with Crippen molar-refractivity contribution in [2.45, 2.75) is 44.6 Å². The van der Waals surface area contributed by atoms with E-state index in [-0.39, 0.29) is 17.6 Å². The summed E-state index contributed by atoms with van der Waals surface area (Å²) >= 11 is 6.09. The largest absolute Gasteiger partial charge is 0.495 e. The molecule has 0 radical (unpaired) electrons. The van der Waals surface area contributed by atoms with Gasteiger partial charge in [0.05, 0.1) is 17.6 Å². The number of carbonyl (C=O) groups excluding carboxylic acids is 1. The molecule has 3 N–H and O–H groups in total. The minimum Gasteiger partial charge on any atom is -0.495 e. The molecule has 0 unspecified atom stereocenters. The molecule has 140 valence electrons. The Morgan fingerprint density at radius 3 is 2.77 bits per heavy atom. The van der Waals surface area contributed by atoms with Crippen LogP contribution in [0.3, 0.4) is 0 Å². The van der Waals surface area contributed by atoms with Gasteiger partial charge >= 0.3 is 6.03 Å². The van der Waals surface area contributed by atoms with Gasteiger partial charge in [-0.15, -0.1) is 0 Å². The van der Waals surface area contributed by atoms with Crippen LogP contribution < -0.4 is 20.9 Å². The van der Waals surface area contributed by atoms with Crippen LogP contribution in [0.4, 0.5) is 4.79 Å². The van der Waals surface area contributed by atoms with Crippen LogP contribution in [-0.4, -0.2) is 30.7 Å². The van der Waals surface area contributed by atoms with E-state index in [1.165, 1.54) is 19.3 Å². The number of pyridine rings is 1. The van der Waals surface area contributed by atoms with Crippen LogP contribution in [0.25, 0.3) is 10.9 Å². The van der Waals surface area contributed by atoms with Crippen molar-refractivity contribution in [2.24, 2.45) is 0 Å². The number of rotatable bonds is 5. The van der Waals surface area contributed by atoms with Crippen LogP contribution in [0.5, 0.6) is 5.75 Å². The first-order chi connectivity index (χ1) is 12.6. The van der Waals surface area contributed by atoms with Gasteiger partial charge in [-0.25, -0.2) is 4.79 Å². The Labute approximate surface area is 157 Å². The standard InChI is InChI=1S/C19H24ClN3O3/c1-26-17-10-13-9-12(18(24)23-16(13)11-15(17)20)7-8-21-19(25)22-14-5-3-2-4-6-14/h9-11,14H,2-8H2,1H3,(H,23,24)(H2,21,22,25). The van der Waals surface area contributed by atoms with Gasteiger partial charge in [0.15, 0.2) is 0 Å². The molecule has 1 saturated carbocycles. The molecule has 6 nitrogen and oxygen atoms in total. The second kappa shape index (κ2) is 8.45. The van der Waals surface area contributed by atoms with Gasteiger partial charge < -0.3 is 20.4 Å². The van der Waals surface area contributed by atoms with Gasteiger partial charge in [0.1, 0.15) is 5.75 Å². The summed E-state index contributed by atoms with van der Waals surface area (Å²) in [4.78, 5) is 27.0. The highest BCUT2D eigenvalue weighted by atomic mass is 35.5. The van der Waals surface area contributed by atoms with Gasteiger partial charge in [-0.1, -0.05) is 30.9 Å². The number of fused-ring (bicyclic) bond motifs is 1. The molecule has 0 atom stereocenters. The Morgan fingerprint density at radius 2 is 2.04 bits per heavy atom. The Bertz CT molecular complexity index is 844. The molecule has 2 aromatic rings. The molecular formula is C19H24ClN3O3. The molecular weight excluding hydrogens is 354 g/mol. The van der Waals surface area contributed by atoms with Crippen LogP contribution in [0.15, 0.2) is 23.0 Å². The number of urea groups is 1. The van der Waals surface area contributed by atoms with E-state index >= 15 is 0 Å². The fourth-order valence-corrected chi connectivity index (χ4v) is 3.63. The van der Waals surface area contributed by atoms with Crippen molar-refractivity contribution in [2.75, 3.05) is 13.7 Å². The molecule has 1 aromatic carbocycles. The van der Waals surface area contributed by atoms with Gasteiger partial charge in [-0.05, 0) is 37.5 Å². The number of benzene rings is 1. The number of hydrogen-bond acceptors (Lipinski definition) is 3. The van der Waals surface area contributed by atoms with Crippen molar-refractivity contribution in [3.63, 3.8) is 0 Å². The maximum Gasteiger partial charge on any atom is 0.315 e. The Hall–Kier alpha value is -2.21. The second-order valence-electron chi connectivity index (χ2n) is 6.68. The lowest BCUT2D eigenvalue weighted by molar-refractivity contribution is 0.233. The highest BCUT2D eigenvalue weighted by Crippen LogP contribution is 2.28. The number of aromatic amines is 1. The van der Waals surface area contributed by atoms with E-state index in [0.29, 0.717) is 34.8 Å². The zero-order valence-corrected chi connectivity index (χ0v) is 15.6. The normalized spacial score (nSPS) is 15.0. The smallest absolute Gasteiger partial charge is 0.315 e. The number of methoxy groups -OCH3 is 1. The lowest BCUT2D eigenvalue weighted by Crippen LogP contribution is -2.43. The summed E-state index contributed by atoms with van der Waals surface area (Å²) in [6.45, 7) is 0.401. The van der Waals surface area contributed by atoms with E-state index in [2.05, 4.69) is 15.6 Å². The summed E-state index contributed by atoms with van der Waals surface area (Å²) < 4.78 is 5.22. The van der Waals surface area contributed by atoms with E-state index < -0.39 is 0 Å². The molecule has 1 aliphatic rings. The van der Waals surface area contributed by atoms with Crippen molar-refractivity contribution in [1.82, 2.24) is 15.6 Å². The van der Waals surface area contributed by atoms with Crippen molar-refractivity contribution in [3.8, 4) is 5.75 Å². The third-order valence-electron chi connectivity index (χ3n) is 4.81. The number of nitrogens with one attached hydrogen (secondary N) is 3. The summed E-state index contributed by atoms with van der Waals surface area (Å²) in [7, 11) is 1.55. The summed E-state index contributed by atoms with van der Waals surface area (Å²) in [5, 5.41) is 7.13. The molecule has 0 aliphatic heterocycles. The Morgan fingerprint density at radius 1 is 1.27 bits per heavy atom. The molecule has 1 fully saturated rings. The quantitative estimate of drug-likeness (QED) is 0.747. The average molecular weight is 378 g/mol. The predicted octanol–water partition coefficient (Wildman–Crippen LogP) is 3.36. The topological polar surface area (TPSA) is 83.2 Å². The predicted molar refractivity (Wildman–Crippen MR) is 103 cm³/mol. The SMILES string of the molecule is COc1cc2cc(CCNC(=O)NC3CCCCC3)c(=O)[nH]c2cc1Cl. The van der Waals surface area contributed by atoms with Crippen LogP contribution in [-0.2, 0) is 6.42 Å². The van der Waals surface area contributed by atoms with E-state index in [9.17, 15) is 9.59 Å². The first-order valence-electron chi connectivity index (χ1n) is 9.00. The fraction of sp³-hybridized carbons (Fsp3) is 0.474. The summed E-state index contributed by atoms with van der Waals surface area (Å²) in [5.74, 6) is 0.558. The molecule has 1 aliphatic carbocycles. The van der Waals surface area contributed by atoms with Gasteiger partial charge in [0.2, 0.25) is 0 Å². The summed E-state index contributed by atoms with van der Waals surface area (Å²) in [6.07, 6.45) is 6.13. The molecule has 0 spiro atoms. The van der Waals surface area contributed by atoms with Gasteiger partial charge in [0, 0.05) is 23.5 Å². The maximum absolute atomic E-state index is 12.2. The Balaban J connectivity index is 1.61. The van der Waals surface area contributed by atoms with E-state index in [1.54, 1.807) is 19.2 Å². The molecule has 1 heterocycles. The zero-order chi connectivity index (χ0) is 18.5. The van der Waals surface area contributed by atoms with E-state index in [1.807, 2.05) is 6.07 Å². The first kappa shape index (κ1) is 18.6. The summed E-state index contributed by atoms with van der Waals surface area (Å²) in [5.41, 5.74) is 1.10. The molecule has 0 bridgehead atoms. The Kier molecular flexibility index (Phi) is 6.04. The number of halogens is 1. The molecule has 26 heavy (non-hydrogen) atoms. The molecule has 0 saturated heterocycles. The van der Waals surface area contributed by atoms with Crippen molar-refractivity contribution in [1.29, 1.82) is 0 Å². The van der Waals surface area contributed by atoms with Crippen LogP contribution in [0, 0.1) is 0 Å². The third-order valence-corrected chi connectivity index (χ3v) is 5.11. The van der Waals surface area contributed by atoms with Gasteiger partial charge in [-0.2, -0.15) is 0 Å². The minimum atomic E-state index is -0.173. The molecule has 3 rings (SSSR count). The zero-order valence-electron chi connectivity index (χ0n) is 14.9. The maximum atomic E-state index is 12.2. The van der Waals surface area contributed by atoms with Crippen LogP contribution >= 0.6 is 11.6 Å². The molecule has 1 aromatic heterocycles. The van der Waals surface area contributed by atoms with Crippen LogP contribution in [0.1, 0.15) is 37.7 Å². The highest BCUT2D eigenvalue weighted by Gasteiger charge is 2.15. The lowest BCUT2D eigenvalue weighted by atomic mass is 9.96. The van der Waals surface area contributed by atoms with Gasteiger partial charge in [-0.3, -0.25) is 4.79 Å². The number of aromatic nitrogens is 1. The van der Waals surface area contributed by atoms with Crippen molar-refractivity contribution < 1.29 is 9.53 Å². The van der Waals surface area contributed by atoms with E-state index in [4.69, 9.17) is 16.3 Å². The number of hydrogen-bond donors (Lipinski definition) is 3. The summed E-state index contributed by atoms with van der Waals surface area (Å²) in [6, 6.07) is 5.39. The number of carbonyl (C=O) groups is 1. The van der Waals surface area contributed by atoms with Crippen molar-refractivity contribution in [3.05, 3.63) is 39.1 Å². The first-order valence-corrected chi connectivity index (χ1v) is 9.38. The number of ether oxygens (including phenoxy) is 1. The molecule has 2 amide bonds. The second-order valence-corrected chi connectivity index (χ2v) is 7.09. The molecule has 7 heteroatoms. The fourth-order valence-electron chi connectivity index (χ4n) is 3.39. The number of H-pyrrole nitrogens is 1. The number of amides is 2.